The molecule has 0 aliphatic rings. The lowest BCUT2D eigenvalue weighted by Gasteiger charge is -2.13. The number of carbonyl (C=O) groups excluding carboxylic acids is 1. The van der Waals surface area contributed by atoms with Gasteiger partial charge < -0.3 is 14.6 Å². The highest BCUT2D eigenvalue weighted by Gasteiger charge is 2.11. The third-order valence-electron chi connectivity index (χ3n) is 5.97. The number of amides is 1. The molecule has 6 heteroatoms. The van der Waals surface area contributed by atoms with Crippen molar-refractivity contribution >= 4 is 16.9 Å². The number of aryl methyl sites for hydroxylation is 4. The fourth-order valence-corrected chi connectivity index (χ4v) is 4.19. The molecule has 176 valence electrons. The summed E-state index contributed by atoms with van der Waals surface area (Å²) in [4.78, 5) is 21.1. The average Bonchev–Trinajstić information content (AvgIpc) is 3.21. The molecule has 0 radical (unpaired) electrons. The van der Waals surface area contributed by atoms with E-state index in [0.717, 1.165) is 54.8 Å². The van der Waals surface area contributed by atoms with Gasteiger partial charge in [0.2, 0.25) is 0 Å². The summed E-state index contributed by atoms with van der Waals surface area (Å²) in [6.45, 7) is 6.38. The van der Waals surface area contributed by atoms with Gasteiger partial charge in [-0.25, -0.2) is 4.98 Å². The van der Waals surface area contributed by atoms with E-state index in [1.165, 1.54) is 11.1 Å². The number of fused-ring (bicyclic) bond motifs is 1. The van der Waals surface area contributed by atoms with Crippen LogP contribution in [0.5, 0.6) is 5.75 Å². The largest absolute Gasteiger partial charge is 0.493 e. The number of carbonyl (C=O) groups is 1. The molecule has 2 heterocycles. The molecule has 0 spiro atoms. The molecule has 2 aromatic carbocycles. The second-order valence-corrected chi connectivity index (χ2v) is 8.54. The second kappa shape index (κ2) is 11.5. The van der Waals surface area contributed by atoms with Gasteiger partial charge in [0, 0.05) is 37.5 Å². The summed E-state index contributed by atoms with van der Waals surface area (Å²) in [5.74, 6) is 2.00. The molecule has 0 fully saturated rings. The molecule has 0 saturated heterocycles. The van der Waals surface area contributed by atoms with Gasteiger partial charge in [-0.3, -0.25) is 9.78 Å². The maximum Gasteiger partial charge on any atom is 0.251 e. The molecule has 0 unspecified atom stereocenters. The first-order valence-electron chi connectivity index (χ1n) is 11.9. The van der Waals surface area contributed by atoms with E-state index in [2.05, 4.69) is 65.1 Å². The van der Waals surface area contributed by atoms with Crippen LogP contribution in [0.15, 0.2) is 67.0 Å². The van der Waals surface area contributed by atoms with Crippen molar-refractivity contribution in [1.82, 2.24) is 19.9 Å². The van der Waals surface area contributed by atoms with Crippen LogP contribution in [-0.2, 0) is 13.0 Å². The van der Waals surface area contributed by atoms with Gasteiger partial charge in [-0.1, -0.05) is 30.3 Å². The third kappa shape index (κ3) is 5.81. The lowest BCUT2D eigenvalue weighted by Crippen LogP contribution is -2.25. The van der Waals surface area contributed by atoms with Crippen LogP contribution in [0.1, 0.15) is 46.6 Å². The van der Waals surface area contributed by atoms with Gasteiger partial charge in [0.1, 0.15) is 11.6 Å². The van der Waals surface area contributed by atoms with Crippen molar-refractivity contribution in [3.8, 4) is 5.75 Å². The molecule has 0 saturated carbocycles. The van der Waals surface area contributed by atoms with Crippen LogP contribution >= 0.6 is 0 Å². The minimum Gasteiger partial charge on any atom is -0.493 e. The van der Waals surface area contributed by atoms with Crippen molar-refractivity contribution in [3.63, 3.8) is 0 Å². The first-order valence-corrected chi connectivity index (χ1v) is 11.9. The van der Waals surface area contributed by atoms with Crippen molar-refractivity contribution in [2.24, 2.45) is 0 Å². The quantitative estimate of drug-likeness (QED) is 0.312. The molecule has 0 bridgehead atoms. The second-order valence-electron chi connectivity index (χ2n) is 8.54. The van der Waals surface area contributed by atoms with Crippen LogP contribution < -0.4 is 10.1 Å². The van der Waals surface area contributed by atoms with Crippen molar-refractivity contribution < 1.29 is 9.53 Å². The number of nitrogens with zero attached hydrogens (tertiary/aromatic N) is 3. The van der Waals surface area contributed by atoms with Crippen molar-refractivity contribution in [2.45, 2.75) is 46.1 Å². The molecule has 1 amide bonds. The van der Waals surface area contributed by atoms with Crippen LogP contribution in [0.3, 0.4) is 0 Å². The van der Waals surface area contributed by atoms with E-state index in [4.69, 9.17) is 9.72 Å². The smallest absolute Gasteiger partial charge is 0.251 e. The molecule has 0 aliphatic heterocycles. The van der Waals surface area contributed by atoms with Gasteiger partial charge in [-0.15, -0.1) is 0 Å². The molecule has 0 atom stereocenters. The molecule has 4 rings (SSSR count). The fourth-order valence-electron chi connectivity index (χ4n) is 4.19. The summed E-state index contributed by atoms with van der Waals surface area (Å²) in [6, 6.07) is 18.0. The normalized spacial score (nSPS) is 11.0. The molecule has 34 heavy (non-hydrogen) atoms. The fraction of sp³-hybridized carbons (Fsp3) is 0.321. The molecule has 6 nitrogen and oxygen atoms in total. The van der Waals surface area contributed by atoms with Crippen LogP contribution in [-0.4, -0.2) is 33.6 Å². The Labute approximate surface area is 201 Å². The Balaban J connectivity index is 1.30. The van der Waals surface area contributed by atoms with E-state index in [1.807, 2.05) is 6.07 Å². The number of rotatable bonds is 11. The molecule has 1 N–H and O–H groups in total. The Hall–Kier alpha value is -3.67. The van der Waals surface area contributed by atoms with E-state index in [1.54, 1.807) is 24.5 Å². The summed E-state index contributed by atoms with van der Waals surface area (Å²) in [5.41, 5.74) is 5.17. The number of imidazole rings is 1. The van der Waals surface area contributed by atoms with Crippen molar-refractivity contribution in [3.05, 3.63) is 89.5 Å². The van der Waals surface area contributed by atoms with Crippen molar-refractivity contribution in [1.29, 1.82) is 0 Å². The van der Waals surface area contributed by atoms with E-state index in [0.29, 0.717) is 18.7 Å². The number of hydrogen-bond acceptors (Lipinski definition) is 4. The number of hydrogen-bond donors (Lipinski definition) is 1. The first-order chi connectivity index (χ1) is 16.6. The minimum atomic E-state index is -0.0696. The highest BCUT2D eigenvalue weighted by Crippen LogP contribution is 2.23. The molecule has 0 aliphatic carbocycles. The van der Waals surface area contributed by atoms with Gasteiger partial charge in [-0.05, 0) is 68.5 Å². The molecular formula is C28H32N4O2. The summed E-state index contributed by atoms with van der Waals surface area (Å²) in [6.07, 6.45) is 6.88. The zero-order valence-electron chi connectivity index (χ0n) is 20.0. The van der Waals surface area contributed by atoms with Gasteiger partial charge in [0.25, 0.3) is 5.91 Å². The highest BCUT2D eigenvalue weighted by molar-refractivity contribution is 5.93. The number of ether oxygens (including phenoxy) is 1. The van der Waals surface area contributed by atoms with Crippen LogP contribution in [0.25, 0.3) is 11.0 Å². The Morgan fingerprint density at radius 1 is 0.941 bits per heavy atom. The molecular weight excluding hydrogens is 424 g/mol. The Kier molecular flexibility index (Phi) is 7.91. The number of unbranched alkanes of at least 4 members (excludes halogenated alkanes) is 1. The number of aromatic nitrogens is 3. The Morgan fingerprint density at radius 3 is 2.50 bits per heavy atom. The summed E-state index contributed by atoms with van der Waals surface area (Å²) in [5, 5.41) is 2.99. The predicted octanol–water partition coefficient (Wildman–Crippen LogP) is 5.27. The zero-order valence-corrected chi connectivity index (χ0v) is 20.0. The van der Waals surface area contributed by atoms with E-state index < -0.39 is 0 Å². The first kappa shape index (κ1) is 23.5. The van der Waals surface area contributed by atoms with E-state index in [9.17, 15) is 4.79 Å². The number of pyridine rings is 1. The van der Waals surface area contributed by atoms with Gasteiger partial charge in [0.15, 0.2) is 0 Å². The van der Waals surface area contributed by atoms with E-state index in [-0.39, 0.29) is 5.91 Å². The summed E-state index contributed by atoms with van der Waals surface area (Å²) >= 11 is 0. The third-order valence-corrected chi connectivity index (χ3v) is 5.97. The monoisotopic (exact) mass is 456 g/mol. The molecule has 2 aromatic heterocycles. The lowest BCUT2D eigenvalue weighted by molar-refractivity contribution is 0.0953. The van der Waals surface area contributed by atoms with Gasteiger partial charge in [0.05, 0.1) is 17.6 Å². The number of benzene rings is 2. The van der Waals surface area contributed by atoms with Crippen LogP contribution in [0.4, 0.5) is 0 Å². The maximum atomic E-state index is 12.2. The van der Waals surface area contributed by atoms with E-state index >= 15 is 0 Å². The van der Waals surface area contributed by atoms with Crippen LogP contribution in [0.2, 0.25) is 0 Å². The topological polar surface area (TPSA) is 69.0 Å². The van der Waals surface area contributed by atoms with Gasteiger partial charge >= 0.3 is 0 Å². The number of nitrogens with one attached hydrogen (secondary N) is 1. The minimum absolute atomic E-state index is 0.0696. The van der Waals surface area contributed by atoms with Crippen molar-refractivity contribution in [2.75, 3.05) is 13.2 Å². The molecule has 4 aromatic rings. The lowest BCUT2D eigenvalue weighted by atomic mass is 10.1. The summed E-state index contributed by atoms with van der Waals surface area (Å²) < 4.78 is 8.39. The SMILES string of the molecule is Cc1cccc(C)c1OCCCCn1c(CCCNC(=O)c2ccncc2)nc2ccccc21. The Bertz CT molecular complexity index is 1210. The predicted molar refractivity (Wildman–Crippen MR) is 135 cm³/mol. The van der Waals surface area contributed by atoms with Crippen LogP contribution in [0, 0.1) is 13.8 Å². The average molecular weight is 457 g/mol. The standard InChI is InChI=1S/C28H32N4O2/c1-21-9-7-10-22(2)27(21)34-20-6-5-19-32-25-12-4-3-11-24(25)31-26(32)13-8-16-30-28(33)23-14-17-29-18-15-23/h3-4,7,9-12,14-15,17-18H,5-6,8,13,16,19-20H2,1-2H3,(H,30,33). The zero-order chi connectivity index (χ0) is 23.8. The number of para-hydroxylation sites is 3. The Morgan fingerprint density at radius 2 is 1.71 bits per heavy atom. The van der Waals surface area contributed by atoms with Gasteiger partial charge in [-0.2, -0.15) is 0 Å². The summed E-state index contributed by atoms with van der Waals surface area (Å²) in [7, 11) is 0. The maximum absolute atomic E-state index is 12.2. The highest BCUT2D eigenvalue weighted by atomic mass is 16.5.